The molecule has 0 bridgehead atoms. The van der Waals surface area contributed by atoms with Gasteiger partial charge in [-0.15, -0.1) is 23.7 Å². The summed E-state index contributed by atoms with van der Waals surface area (Å²) in [7, 11) is 0. The molecule has 4 N–H and O–H groups in total. The molecule has 142 valence electrons. The van der Waals surface area contributed by atoms with Gasteiger partial charge in [-0.2, -0.15) is 5.10 Å². The summed E-state index contributed by atoms with van der Waals surface area (Å²) in [5, 5.41) is 15.1. The van der Waals surface area contributed by atoms with E-state index in [0.29, 0.717) is 25.7 Å². The average molecular weight is 432 g/mol. The number of fused-ring (bicyclic) bond motifs is 1. The van der Waals surface area contributed by atoms with Crippen molar-refractivity contribution in [3.63, 3.8) is 0 Å². The van der Waals surface area contributed by atoms with Gasteiger partial charge in [-0.3, -0.25) is 4.79 Å². The second kappa shape index (κ2) is 8.06. The van der Waals surface area contributed by atoms with E-state index < -0.39 is 0 Å². The van der Waals surface area contributed by atoms with Crippen LogP contribution in [0, 0.1) is 0 Å². The maximum Gasteiger partial charge on any atom is 0.260 e. The van der Waals surface area contributed by atoms with E-state index in [1.54, 1.807) is 24.3 Å². The Bertz CT molecular complexity index is 1230. The van der Waals surface area contributed by atoms with E-state index >= 15 is 0 Å². The molecule has 0 aliphatic rings. The van der Waals surface area contributed by atoms with Crippen LogP contribution in [0.25, 0.3) is 32.5 Å². The van der Waals surface area contributed by atoms with Gasteiger partial charge in [0, 0.05) is 5.56 Å². The molecule has 0 aliphatic heterocycles. The molecule has 0 spiro atoms. The summed E-state index contributed by atoms with van der Waals surface area (Å²) in [4.78, 5) is 16.0. The molecule has 2 heterocycles. The molecule has 0 saturated carbocycles. The summed E-state index contributed by atoms with van der Waals surface area (Å²) in [6.45, 7) is 0. The summed E-state index contributed by atoms with van der Waals surface area (Å²) >= 11 is 7.67. The SMILES string of the molecule is Cl.N/N=C\c1cccc(-c2c(O)c3c(-c4ccccc4)c(Cl)sc3[nH]c2=O)c1. The third kappa shape index (κ3) is 3.38. The standard InChI is InChI=1S/C20H14ClN3O2S.ClH/c21-18-14(12-6-2-1-3-7-12)16-17(25)15(19(26)24-20(16)27-18)13-8-4-5-11(9-13)10-23-22;/h1-10H,22H2,(H2,24,25,26);1H/b23-10-;. The van der Waals surface area contributed by atoms with E-state index in [1.165, 1.54) is 17.6 Å². The van der Waals surface area contributed by atoms with Crippen LogP contribution in [0.5, 0.6) is 5.75 Å². The molecule has 8 heteroatoms. The Morgan fingerprint density at radius 3 is 2.50 bits per heavy atom. The fourth-order valence-electron chi connectivity index (χ4n) is 3.11. The van der Waals surface area contributed by atoms with Crippen LogP contribution < -0.4 is 11.4 Å². The van der Waals surface area contributed by atoms with Gasteiger partial charge >= 0.3 is 0 Å². The number of aromatic nitrogens is 1. The fourth-order valence-corrected chi connectivity index (χ4v) is 4.49. The zero-order valence-corrected chi connectivity index (χ0v) is 16.7. The first-order valence-corrected chi connectivity index (χ1v) is 9.26. The molecule has 0 aliphatic carbocycles. The molecule has 0 fully saturated rings. The van der Waals surface area contributed by atoms with E-state index in [0.717, 1.165) is 11.1 Å². The number of nitrogens with zero attached hydrogens (tertiary/aromatic N) is 1. The van der Waals surface area contributed by atoms with Crippen molar-refractivity contribution in [3.8, 4) is 28.0 Å². The van der Waals surface area contributed by atoms with Crippen molar-refractivity contribution >= 4 is 51.8 Å². The number of rotatable bonds is 3. The van der Waals surface area contributed by atoms with Gasteiger partial charge in [0.15, 0.2) is 0 Å². The minimum Gasteiger partial charge on any atom is -0.506 e. The molecule has 28 heavy (non-hydrogen) atoms. The third-order valence-electron chi connectivity index (χ3n) is 4.25. The predicted octanol–water partition coefficient (Wildman–Crippen LogP) is 5.00. The highest BCUT2D eigenvalue weighted by Gasteiger charge is 2.21. The van der Waals surface area contributed by atoms with Crippen molar-refractivity contribution in [1.82, 2.24) is 4.98 Å². The molecule has 4 aromatic rings. The van der Waals surface area contributed by atoms with Crippen LogP contribution in [0.4, 0.5) is 0 Å². The smallest absolute Gasteiger partial charge is 0.260 e. The monoisotopic (exact) mass is 431 g/mol. The maximum atomic E-state index is 12.7. The zero-order chi connectivity index (χ0) is 19.0. The Morgan fingerprint density at radius 2 is 1.79 bits per heavy atom. The van der Waals surface area contributed by atoms with E-state index in [1.807, 2.05) is 30.3 Å². The van der Waals surface area contributed by atoms with Gasteiger partial charge in [0.05, 0.1) is 17.2 Å². The number of aromatic hydroxyl groups is 1. The van der Waals surface area contributed by atoms with Gasteiger partial charge in [-0.05, 0) is 22.8 Å². The molecule has 0 amide bonds. The molecule has 2 aromatic carbocycles. The van der Waals surface area contributed by atoms with E-state index in [-0.39, 0.29) is 29.3 Å². The van der Waals surface area contributed by atoms with Crippen LogP contribution in [0.3, 0.4) is 0 Å². The number of halogens is 2. The number of hydrazone groups is 1. The molecular formula is C20H15Cl2N3O2S. The first-order chi connectivity index (χ1) is 13.1. The Kier molecular flexibility index (Phi) is 5.74. The number of thiophene rings is 1. The highest BCUT2D eigenvalue weighted by atomic mass is 35.5. The first-order valence-electron chi connectivity index (χ1n) is 8.06. The quantitative estimate of drug-likeness (QED) is 0.242. The average Bonchev–Trinajstić information content (AvgIpc) is 2.99. The van der Waals surface area contributed by atoms with Crippen LogP contribution in [-0.4, -0.2) is 16.3 Å². The van der Waals surface area contributed by atoms with E-state index in [9.17, 15) is 9.90 Å². The van der Waals surface area contributed by atoms with Crippen molar-refractivity contribution in [2.24, 2.45) is 10.9 Å². The number of nitrogens with two attached hydrogens (primary N) is 1. The summed E-state index contributed by atoms with van der Waals surface area (Å²) in [6.07, 6.45) is 1.48. The van der Waals surface area contributed by atoms with Crippen LogP contribution in [-0.2, 0) is 0 Å². The molecule has 0 unspecified atom stereocenters. The Morgan fingerprint density at radius 1 is 1.07 bits per heavy atom. The predicted molar refractivity (Wildman–Crippen MR) is 119 cm³/mol. The Balaban J connectivity index is 0.00000225. The minimum atomic E-state index is -0.389. The number of H-pyrrole nitrogens is 1. The lowest BCUT2D eigenvalue weighted by molar-refractivity contribution is 0.483. The van der Waals surface area contributed by atoms with E-state index in [2.05, 4.69) is 10.1 Å². The first kappa shape index (κ1) is 19.9. The lowest BCUT2D eigenvalue weighted by Crippen LogP contribution is -2.08. The van der Waals surface area contributed by atoms with Gasteiger partial charge in [0.2, 0.25) is 0 Å². The molecular weight excluding hydrogens is 417 g/mol. The van der Waals surface area contributed by atoms with Gasteiger partial charge in [0.1, 0.15) is 14.9 Å². The second-order valence-electron chi connectivity index (χ2n) is 5.90. The van der Waals surface area contributed by atoms with Crippen LogP contribution in [0.2, 0.25) is 4.34 Å². The van der Waals surface area contributed by atoms with Gasteiger partial charge < -0.3 is 15.9 Å². The molecule has 4 rings (SSSR count). The number of benzene rings is 2. The van der Waals surface area contributed by atoms with Crippen LogP contribution in [0.1, 0.15) is 5.56 Å². The highest BCUT2D eigenvalue weighted by molar-refractivity contribution is 7.23. The van der Waals surface area contributed by atoms with Gasteiger partial charge in [-0.25, -0.2) is 0 Å². The normalized spacial score (nSPS) is 11.0. The molecule has 2 aromatic heterocycles. The summed E-state index contributed by atoms with van der Waals surface area (Å²) in [5.41, 5.74) is 2.65. The van der Waals surface area contributed by atoms with Crippen molar-refractivity contribution in [2.45, 2.75) is 0 Å². The van der Waals surface area contributed by atoms with Crippen molar-refractivity contribution < 1.29 is 5.11 Å². The van der Waals surface area contributed by atoms with Crippen LogP contribution >= 0.6 is 35.3 Å². The Hall–Kier alpha value is -2.80. The maximum absolute atomic E-state index is 12.7. The number of hydrogen-bond donors (Lipinski definition) is 3. The minimum absolute atomic E-state index is 0. The van der Waals surface area contributed by atoms with Crippen molar-refractivity contribution in [1.29, 1.82) is 0 Å². The lowest BCUT2D eigenvalue weighted by atomic mass is 9.99. The molecule has 0 atom stereocenters. The number of hydrogen-bond acceptors (Lipinski definition) is 5. The lowest BCUT2D eigenvalue weighted by Gasteiger charge is -2.08. The third-order valence-corrected chi connectivity index (χ3v) is 5.57. The summed E-state index contributed by atoms with van der Waals surface area (Å²) < 4.78 is 0.503. The van der Waals surface area contributed by atoms with Crippen molar-refractivity contribution in [2.75, 3.05) is 0 Å². The number of aromatic amines is 1. The topological polar surface area (TPSA) is 91.5 Å². The number of pyridine rings is 1. The van der Waals surface area contributed by atoms with Gasteiger partial charge in [0.25, 0.3) is 5.56 Å². The summed E-state index contributed by atoms with van der Waals surface area (Å²) in [6, 6.07) is 16.6. The molecule has 0 radical (unpaired) electrons. The second-order valence-corrected chi connectivity index (χ2v) is 7.52. The zero-order valence-electron chi connectivity index (χ0n) is 14.3. The molecule has 0 saturated heterocycles. The van der Waals surface area contributed by atoms with E-state index in [4.69, 9.17) is 17.4 Å². The number of nitrogens with one attached hydrogen (secondary N) is 1. The van der Waals surface area contributed by atoms with Gasteiger partial charge in [-0.1, -0.05) is 60.1 Å². The van der Waals surface area contributed by atoms with Crippen molar-refractivity contribution in [3.05, 3.63) is 74.9 Å². The highest BCUT2D eigenvalue weighted by Crippen LogP contribution is 2.46. The largest absolute Gasteiger partial charge is 0.506 e. The fraction of sp³-hybridized carbons (Fsp3) is 0. The molecule has 5 nitrogen and oxygen atoms in total. The van der Waals surface area contributed by atoms with Crippen LogP contribution in [0.15, 0.2) is 64.5 Å². The summed E-state index contributed by atoms with van der Waals surface area (Å²) in [5.74, 6) is 5.11. The Labute approximate surface area is 175 Å².